The fourth-order valence-electron chi connectivity index (χ4n) is 4.91. The van der Waals surface area contributed by atoms with Crippen LogP contribution < -0.4 is 10.6 Å². The van der Waals surface area contributed by atoms with Gasteiger partial charge in [0.1, 0.15) is 10.8 Å². The van der Waals surface area contributed by atoms with Crippen molar-refractivity contribution in [1.82, 2.24) is 9.78 Å². The summed E-state index contributed by atoms with van der Waals surface area (Å²) >= 11 is 4.65. The van der Waals surface area contributed by atoms with Crippen molar-refractivity contribution in [2.75, 3.05) is 10.6 Å². The van der Waals surface area contributed by atoms with Crippen LogP contribution >= 0.6 is 27.3 Å². The van der Waals surface area contributed by atoms with Gasteiger partial charge in [-0.1, -0.05) is 28.1 Å². The van der Waals surface area contributed by atoms with Gasteiger partial charge in [-0.25, -0.2) is 9.48 Å². The standard InChI is InChI=1S/C26H26BrF3N4O3S/c1-13(2)37-25(36)22-16-5-3-4-6-19(16)38-24(22)32-23(35)18-12-21-31-17(14-7-9-15(27)10-8-14)11-20(26(28,29)30)34(21)33-18/h7-10,12-13,17,20,31H,3-6,11H2,1-2H3,(H,32,35)/t17-,20+/m0/s1. The van der Waals surface area contributed by atoms with Gasteiger partial charge in [-0.2, -0.15) is 18.3 Å². The molecule has 3 heterocycles. The van der Waals surface area contributed by atoms with Gasteiger partial charge in [0.2, 0.25) is 0 Å². The molecule has 1 aromatic carbocycles. The quantitative estimate of drug-likeness (QED) is 0.302. The number of nitrogens with zero attached hydrogens (tertiary/aromatic N) is 2. The largest absolute Gasteiger partial charge is 0.459 e. The third-order valence-electron chi connectivity index (χ3n) is 6.64. The number of esters is 1. The summed E-state index contributed by atoms with van der Waals surface area (Å²) in [4.78, 5) is 27.2. The van der Waals surface area contributed by atoms with Gasteiger partial charge >= 0.3 is 12.1 Å². The number of anilines is 2. The average Bonchev–Trinajstić information content (AvgIpc) is 3.44. The molecule has 12 heteroatoms. The number of thiophene rings is 1. The van der Waals surface area contributed by atoms with E-state index in [1.54, 1.807) is 38.1 Å². The van der Waals surface area contributed by atoms with Crippen molar-refractivity contribution in [3.63, 3.8) is 0 Å². The predicted octanol–water partition coefficient (Wildman–Crippen LogP) is 7.06. The Morgan fingerprint density at radius 3 is 2.61 bits per heavy atom. The second-order valence-electron chi connectivity index (χ2n) is 9.72. The highest BCUT2D eigenvalue weighted by molar-refractivity contribution is 9.10. The van der Waals surface area contributed by atoms with E-state index in [4.69, 9.17) is 4.74 Å². The molecular formula is C26H26BrF3N4O3S. The number of carbonyl (C=O) groups excluding carboxylic acids is 2. The molecule has 0 radical (unpaired) electrons. The number of rotatable bonds is 5. The molecule has 0 bridgehead atoms. The van der Waals surface area contributed by atoms with Gasteiger partial charge in [-0.3, -0.25) is 4.79 Å². The first-order valence-electron chi connectivity index (χ1n) is 12.4. The van der Waals surface area contributed by atoms with E-state index in [0.717, 1.165) is 38.9 Å². The van der Waals surface area contributed by atoms with Crippen LogP contribution in [-0.2, 0) is 17.6 Å². The Morgan fingerprint density at radius 2 is 1.92 bits per heavy atom. The molecule has 5 rings (SSSR count). The Bertz CT molecular complexity index is 1370. The number of hydrogen-bond donors (Lipinski definition) is 2. The molecule has 2 atom stereocenters. The van der Waals surface area contributed by atoms with Crippen LogP contribution in [0.2, 0.25) is 0 Å². The van der Waals surface area contributed by atoms with Crippen LogP contribution in [0, 0.1) is 0 Å². The topological polar surface area (TPSA) is 85.2 Å². The molecule has 0 saturated heterocycles. The van der Waals surface area contributed by atoms with E-state index in [1.807, 2.05) is 0 Å². The number of alkyl halides is 3. The molecule has 1 aliphatic heterocycles. The first-order valence-corrected chi connectivity index (χ1v) is 14.0. The summed E-state index contributed by atoms with van der Waals surface area (Å²) in [6, 6.07) is 5.85. The second-order valence-corrected chi connectivity index (χ2v) is 11.7. The summed E-state index contributed by atoms with van der Waals surface area (Å²) in [5.74, 6) is -1.11. The number of ether oxygens (including phenoxy) is 1. The lowest BCUT2D eigenvalue weighted by Crippen LogP contribution is -2.35. The number of halogens is 4. The summed E-state index contributed by atoms with van der Waals surface area (Å²) < 4.78 is 49.3. The molecule has 202 valence electrons. The SMILES string of the molecule is CC(C)OC(=O)c1c(NC(=O)c2cc3n(n2)[C@@H](C(F)(F)F)C[C@@H](c2ccc(Br)cc2)N3)sc2c1CCCC2. The Labute approximate surface area is 229 Å². The third-order valence-corrected chi connectivity index (χ3v) is 8.38. The monoisotopic (exact) mass is 610 g/mol. The zero-order valence-electron chi connectivity index (χ0n) is 20.7. The van der Waals surface area contributed by atoms with Crippen molar-refractivity contribution < 1.29 is 27.5 Å². The summed E-state index contributed by atoms with van der Waals surface area (Å²) in [5.41, 5.74) is 1.73. The predicted molar refractivity (Wildman–Crippen MR) is 142 cm³/mol. The third kappa shape index (κ3) is 5.33. The van der Waals surface area contributed by atoms with Crippen LogP contribution in [0.15, 0.2) is 34.8 Å². The van der Waals surface area contributed by atoms with Crippen molar-refractivity contribution in [3.8, 4) is 0 Å². The maximum absolute atomic E-state index is 14.1. The van der Waals surface area contributed by atoms with Gasteiger partial charge in [0.15, 0.2) is 11.7 Å². The number of aromatic nitrogens is 2. The zero-order chi connectivity index (χ0) is 27.2. The first-order chi connectivity index (χ1) is 18.0. The fraction of sp³-hybridized carbons (Fsp3) is 0.423. The number of hydrogen-bond acceptors (Lipinski definition) is 6. The Hall–Kier alpha value is -2.86. The fourth-order valence-corrected chi connectivity index (χ4v) is 6.44. The van der Waals surface area contributed by atoms with Crippen molar-refractivity contribution in [2.24, 2.45) is 0 Å². The van der Waals surface area contributed by atoms with Crippen LogP contribution in [-0.4, -0.2) is 33.9 Å². The molecule has 7 nitrogen and oxygen atoms in total. The highest BCUT2D eigenvalue weighted by atomic mass is 79.9. The molecule has 2 N–H and O–H groups in total. The summed E-state index contributed by atoms with van der Waals surface area (Å²) in [5, 5.41) is 10.2. The number of aryl methyl sites for hydroxylation is 1. The molecule has 1 amide bonds. The number of benzene rings is 1. The van der Waals surface area contributed by atoms with E-state index in [-0.39, 0.29) is 24.0 Å². The normalized spacial score (nSPS) is 18.9. The highest BCUT2D eigenvalue weighted by Gasteiger charge is 2.47. The first kappa shape index (κ1) is 26.7. The minimum absolute atomic E-state index is 0.0987. The van der Waals surface area contributed by atoms with Crippen molar-refractivity contribution >= 4 is 50.0 Å². The Balaban J connectivity index is 1.45. The van der Waals surface area contributed by atoms with E-state index < -0.39 is 30.1 Å². The van der Waals surface area contributed by atoms with Crippen molar-refractivity contribution in [1.29, 1.82) is 0 Å². The molecule has 2 aliphatic rings. The molecule has 1 aliphatic carbocycles. The summed E-state index contributed by atoms with van der Waals surface area (Å²) in [6.07, 6.45) is -1.76. The molecule has 0 unspecified atom stereocenters. The van der Waals surface area contributed by atoms with Crippen LogP contribution in [0.1, 0.15) is 82.0 Å². The van der Waals surface area contributed by atoms with E-state index in [2.05, 4.69) is 31.7 Å². The smallest absolute Gasteiger partial charge is 0.410 e. The van der Waals surface area contributed by atoms with E-state index in [0.29, 0.717) is 22.5 Å². The van der Waals surface area contributed by atoms with Gasteiger partial charge in [0, 0.05) is 21.8 Å². The molecular weight excluding hydrogens is 585 g/mol. The van der Waals surface area contributed by atoms with Crippen LogP contribution in [0.25, 0.3) is 0 Å². The average molecular weight is 611 g/mol. The lowest BCUT2D eigenvalue weighted by atomic mass is 9.95. The molecule has 3 aromatic rings. The number of fused-ring (bicyclic) bond motifs is 2. The lowest BCUT2D eigenvalue weighted by Gasteiger charge is -2.33. The van der Waals surface area contributed by atoms with Crippen LogP contribution in [0.3, 0.4) is 0 Å². The maximum atomic E-state index is 14.1. The van der Waals surface area contributed by atoms with Crippen LogP contribution in [0.5, 0.6) is 0 Å². The molecule has 0 fully saturated rings. The Morgan fingerprint density at radius 1 is 1.21 bits per heavy atom. The van der Waals surface area contributed by atoms with E-state index in [9.17, 15) is 22.8 Å². The molecule has 38 heavy (non-hydrogen) atoms. The van der Waals surface area contributed by atoms with Gasteiger partial charge in [0.25, 0.3) is 5.91 Å². The summed E-state index contributed by atoms with van der Waals surface area (Å²) in [7, 11) is 0. The summed E-state index contributed by atoms with van der Waals surface area (Å²) in [6.45, 7) is 3.49. The van der Waals surface area contributed by atoms with Gasteiger partial charge in [0.05, 0.1) is 17.7 Å². The number of amides is 1. The van der Waals surface area contributed by atoms with Crippen LogP contribution in [0.4, 0.5) is 24.0 Å². The van der Waals surface area contributed by atoms with E-state index >= 15 is 0 Å². The van der Waals surface area contributed by atoms with Crippen molar-refractivity contribution in [3.05, 3.63) is 62.1 Å². The minimum Gasteiger partial charge on any atom is -0.459 e. The van der Waals surface area contributed by atoms with Gasteiger partial charge in [-0.15, -0.1) is 11.3 Å². The van der Waals surface area contributed by atoms with E-state index in [1.165, 1.54) is 17.4 Å². The molecule has 2 aromatic heterocycles. The minimum atomic E-state index is -4.56. The highest BCUT2D eigenvalue weighted by Crippen LogP contribution is 2.44. The second kappa shape index (κ2) is 10.4. The maximum Gasteiger partial charge on any atom is 0.410 e. The number of carbonyl (C=O) groups is 2. The van der Waals surface area contributed by atoms with Gasteiger partial charge < -0.3 is 15.4 Å². The van der Waals surface area contributed by atoms with Gasteiger partial charge in [-0.05, 0) is 62.8 Å². The number of nitrogens with one attached hydrogen (secondary N) is 2. The molecule has 0 saturated carbocycles. The molecule has 0 spiro atoms. The Kier molecular flexibility index (Phi) is 7.29. The van der Waals surface area contributed by atoms with Crippen molar-refractivity contribution in [2.45, 2.75) is 70.3 Å². The zero-order valence-corrected chi connectivity index (χ0v) is 23.1. The lowest BCUT2D eigenvalue weighted by molar-refractivity contribution is -0.173.